The fraction of sp³-hybridized carbons (Fsp3) is 0.471. The van der Waals surface area contributed by atoms with Gasteiger partial charge in [0.25, 0.3) is 5.91 Å². The van der Waals surface area contributed by atoms with Gasteiger partial charge in [0.15, 0.2) is 0 Å². The van der Waals surface area contributed by atoms with Crippen molar-refractivity contribution in [2.75, 3.05) is 6.61 Å². The number of halogens is 1. The summed E-state index contributed by atoms with van der Waals surface area (Å²) in [6.45, 7) is 3.73. The van der Waals surface area contributed by atoms with Crippen molar-refractivity contribution >= 4 is 17.5 Å². The van der Waals surface area contributed by atoms with Crippen molar-refractivity contribution in [1.29, 1.82) is 0 Å². The predicted octanol–water partition coefficient (Wildman–Crippen LogP) is 2.54. The SMILES string of the molecule is CC(CO)C(C)NC(=O)c1nc(C2CC2)n(-c2ccccc2Cl)n1. The Morgan fingerprint density at radius 2 is 2.12 bits per heavy atom. The van der Waals surface area contributed by atoms with Gasteiger partial charge in [-0.2, -0.15) is 0 Å². The van der Waals surface area contributed by atoms with Gasteiger partial charge >= 0.3 is 0 Å². The number of carbonyl (C=O) groups is 1. The first-order valence-corrected chi connectivity index (χ1v) is 8.52. The van der Waals surface area contributed by atoms with E-state index in [4.69, 9.17) is 11.6 Å². The molecule has 6 nitrogen and oxygen atoms in total. The molecule has 1 aromatic carbocycles. The summed E-state index contributed by atoms with van der Waals surface area (Å²) >= 11 is 6.27. The molecule has 1 saturated carbocycles. The molecular weight excluding hydrogens is 328 g/mol. The first kappa shape index (κ1) is 16.9. The lowest BCUT2D eigenvalue weighted by molar-refractivity contribution is 0.0905. The molecule has 2 N–H and O–H groups in total. The zero-order valence-electron chi connectivity index (χ0n) is 13.7. The van der Waals surface area contributed by atoms with E-state index in [-0.39, 0.29) is 30.3 Å². The van der Waals surface area contributed by atoms with Crippen LogP contribution in [0.25, 0.3) is 5.69 Å². The monoisotopic (exact) mass is 348 g/mol. The number of carbonyl (C=O) groups excluding carboxylic acids is 1. The van der Waals surface area contributed by atoms with E-state index in [0.29, 0.717) is 10.9 Å². The number of aliphatic hydroxyl groups is 1. The van der Waals surface area contributed by atoms with E-state index in [2.05, 4.69) is 15.4 Å². The van der Waals surface area contributed by atoms with Gasteiger partial charge in [0, 0.05) is 18.6 Å². The summed E-state index contributed by atoms with van der Waals surface area (Å²) in [6.07, 6.45) is 2.09. The molecule has 0 bridgehead atoms. The average molecular weight is 349 g/mol. The van der Waals surface area contributed by atoms with Crippen molar-refractivity contribution in [3.8, 4) is 5.69 Å². The van der Waals surface area contributed by atoms with E-state index < -0.39 is 0 Å². The van der Waals surface area contributed by atoms with E-state index in [1.807, 2.05) is 32.0 Å². The standard InChI is InChI=1S/C17H21ClN4O2/c1-10(9-23)11(2)19-17(24)15-20-16(12-7-8-12)22(21-15)14-6-4-3-5-13(14)18/h3-6,10-12,23H,7-9H2,1-2H3,(H,19,24). The van der Waals surface area contributed by atoms with Crippen molar-refractivity contribution in [2.24, 2.45) is 5.92 Å². The van der Waals surface area contributed by atoms with Crippen LogP contribution in [0.1, 0.15) is 49.1 Å². The van der Waals surface area contributed by atoms with Gasteiger partial charge in [0.05, 0.1) is 10.7 Å². The second kappa shape index (κ2) is 6.91. The van der Waals surface area contributed by atoms with Crippen LogP contribution in [0.15, 0.2) is 24.3 Å². The quantitative estimate of drug-likeness (QED) is 0.840. The van der Waals surface area contributed by atoms with Crippen LogP contribution in [0.5, 0.6) is 0 Å². The highest BCUT2D eigenvalue weighted by Gasteiger charge is 2.32. The van der Waals surface area contributed by atoms with Crippen molar-refractivity contribution in [2.45, 2.75) is 38.6 Å². The Kier molecular flexibility index (Phi) is 4.87. The van der Waals surface area contributed by atoms with E-state index >= 15 is 0 Å². The molecule has 128 valence electrons. The number of aliphatic hydroxyl groups excluding tert-OH is 1. The Balaban J connectivity index is 1.89. The van der Waals surface area contributed by atoms with Crippen LogP contribution in [0.2, 0.25) is 5.02 Å². The van der Waals surface area contributed by atoms with Gasteiger partial charge in [0.1, 0.15) is 5.82 Å². The lowest BCUT2D eigenvalue weighted by atomic mass is 10.1. The van der Waals surface area contributed by atoms with Crippen molar-refractivity contribution in [3.63, 3.8) is 0 Å². The molecule has 1 aliphatic rings. The lowest BCUT2D eigenvalue weighted by Gasteiger charge is -2.18. The predicted molar refractivity (Wildman–Crippen MR) is 91.5 cm³/mol. The Morgan fingerprint density at radius 3 is 2.75 bits per heavy atom. The maximum absolute atomic E-state index is 12.4. The Bertz CT molecular complexity index is 742. The van der Waals surface area contributed by atoms with Crippen molar-refractivity contribution in [3.05, 3.63) is 40.9 Å². The minimum Gasteiger partial charge on any atom is -0.396 e. The third-order valence-electron chi connectivity index (χ3n) is 4.36. The number of nitrogens with zero attached hydrogens (tertiary/aromatic N) is 3. The van der Waals surface area contributed by atoms with Gasteiger partial charge in [0.2, 0.25) is 5.82 Å². The molecule has 0 radical (unpaired) electrons. The molecule has 2 atom stereocenters. The normalized spacial score (nSPS) is 16.7. The molecule has 1 aliphatic carbocycles. The molecule has 1 aromatic heterocycles. The van der Waals surface area contributed by atoms with E-state index in [1.54, 1.807) is 10.7 Å². The van der Waals surface area contributed by atoms with E-state index in [1.165, 1.54) is 0 Å². The number of para-hydroxylation sites is 1. The summed E-state index contributed by atoms with van der Waals surface area (Å²) in [5.41, 5.74) is 0.726. The van der Waals surface area contributed by atoms with Gasteiger partial charge in [-0.05, 0) is 37.8 Å². The second-order valence-corrected chi connectivity index (χ2v) is 6.76. The molecule has 1 heterocycles. The molecule has 7 heteroatoms. The van der Waals surface area contributed by atoms with Crippen molar-refractivity contribution < 1.29 is 9.90 Å². The number of hydrogen-bond acceptors (Lipinski definition) is 4. The molecular formula is C17H21ClN4O2. The van der Waals surface area contributed by atoms with E-state index in [9.17, 15) is 9.90 Å². The van der Waals surface area contributed by atoms with Gasteiger partial charge < -0.3 is 10.4 Å². The minimum atomic E-state index is -0.337. The maximum Gasteiger partial charge on any atom is 0.291 e. The number of nitrogens with one attached hydrogen (secondary N) is 1. The van der Waals surface area contributed by atoms with Crippen LogP contribution in [0.3, 0.4) is 0 Å². The summed E-state index contributed by atoms with van der Waals surface area (Å²) in [6, 6.07) is 7.22. The van der Waals surface area contributed by atoms with Gasteiger partial charge in [-0.3, -0.25) is 4.79 Å². The Hall–Kier alpha value is -1.92. The van der Waals surface area contributed by atoms with Crippen LogP contribution in [0, 0.1) is 5.92 Å². The fourth-order valence-electron chi connectivity index (χ4n) is 2.40. The minimum absolute atomic E-state index is 0.0102. The highest BCUT2D eigenvalue weighted by molar-refractivity contribution is 6.32. The summed E-state index contributed by atoms with van der Waals surface area (Å²) in [4.78, 5) is 16.9. The molecule has 0 aliphatic heterocycles. The van der Waals surface area contributed by atoms with Crippen LogP contribution in [-0.2, 0) is 0 Å². The first-order chi connectivity index (χ1) is 11.5. The highest BCUT2D eigenvalue weighted by atomic mass is 35.5. The number of rotatable bonds is 6. The molecule has 2 unspecified atom stereocenters. The number of amides is 1. The highest BCUT2D eigenvalue weighted by Crippen LogP contribution is 2.40. The topological polar surface area (TPSA) is 80.0 Å². The third kappa shape index (κ3) is 3.44. The Morgan fingerprint density at radius 1 is 1.42 bits per heavy atom. The summed E-state index contributed by atoms with van der Waals surface area (Å²) < 4.78 is 1.68. The molecule has 24 heavy (non-hydrogen) atoms. The second-order valence-electron chi connectivity index (χ2n) is 6.35. The zero-order valence-corrected chi connectivity index (χ0v) is 14.5. The first-order valence-electron chi connectivity index (χ1n) is 8.14. The van der Waals surface area contributed by atoms with Crippen LogP contribution < -0.4 is 5.32 Å². The molecule has 1 amide bonds. The van der Waals surface area contributed by atoms with Crippen LogP contribution >= 0.6 is 11.6 Å². The average Bonchev–Trinajstić information content (AvgIpc) is 3.33. The Labute approximate surface area is 145 Å². The molecule has 0 saturated heterocycles. The molecule has 3 rings (SSSR count). The number of hydrogen-bond donors (Lipinski definition) is 2. The van der Waals surface area contributed by atoms with Gasteiger partial charge in [-0.25, -0.2) is 9.67 Å². The van der Waals surface area contributed by atoms with Crippen molar-refractivity contribution in [1.82, 2.24) is 20.1 Å². The fourth-order valence-corrected chi connectivity index (χ4v) is 2.61. The van der Waals surface area contributed by atoms with Gasteiger partial charge in [-0.1, -0.05) is 30.7 Å². The van der Waals surface area contributed by atoms with Gasteiger partial charge in [-0.15, -0.1) is 5.10 Å². The van der Waals surface area contributed by atoms with Crippen LogP contribution in [-0.4, -0.2) is 38.4 Å². The summed E-state index contributed by atoms with van der Waals surface area (Å²) in [7, 11) is 0. The molecule has 1 fully saturated rings. The summed E-state index contributed by atoms with van der Waals surface area (Å²) in [5, 5.41) is 17.0. The zero-order chi connectivity index (χ0) is 17.3. The maximum atomic E-state index is 12.4. The summed E-state index contributed by atoms with van der Waals surface area (Å²) in [5.74, 6) is 0.854. The van der Waals surface area contributed by atoms with Crippen LogP contribution in [0.4, 0.5) is 0 Å². The lowest BCUT2D eigenvalue weighted by Crippen LogP contribution is -2.38. The van der Waals surface area contributed by atoms with E-state index in [0.717, 1.165) is 24.4 Å². The molecule has 2 aromatic rings. The number of aromatic nitrogens is 3. The molecule has 0 spiro atoms. The largest absolute Gasteiger partial charge is 0.396 e. The third-order valence-corrected chi connectivity index (χ3v) is 4.68. The smallest absolute Gasteiger partial charge is 0.291 e. The number of benzene rings is 1.